The van der Waals surface area contributed by atoms with Crippen molar-refractivity contribution < 1.29 is 18.3 Å². The lowest BCUT2D eigenvalue weighted by atomic mass is 9.87. The van der Waals surface area contributed by atoms with E-state index in [1.165, 1.54) is 16.7 Å². The van der Waals surface area contributed by atoms with Crippen LogP contribution in [0.3, 0.4) is 0 Å². The minimum absolute atomic E-state index is 0.0105. The van der Waals surface area contributed by atoms with Gasteiger partial charge in [-0.05, 0) is 57.4 Å². The number of sulfonamides is 1. The molecule has 2 atom stereocenters. The molecule has 0 unspecified atom stereocenters. The number of benzene rings is 1. The van der Waals surface area contributed by atoms with Crippen LogP contribution in [0.15, 0.2) is 41.5 Å². The van der Waals surface area contributed by atoms with Crippen molar-refractivity contribution in [2.45, 2.75) is 45.3 Å². The van der Waals surface area contributed by atoms with Crippen LogP contribution in [0.2, 0.25) is 5.15 Å². The Morgan fingerprint density at radius 1 is 1.16 bits per heavy atom. The predicted molar refractivity (Wildman–Crippen MR) is 167 cm³/mol. The summed E-state index contributed by atoms with van der Waals surface area (Å²) >= 11 is 6.03. The summed E-state index contributed by atoms with van der Waals surface area (Å²) in [6.45, 7) is 6.24. The number of nitrogens with zero attached hydrogens (tertiary/aromatic N) is 6. The fourth-order valence-electron chi connectivity index (χ4n) is 5.48. The third kappa shape index (κ3) is 6.37. The first-order valence-electron chi connectivity index (χ1n) is 13.9. The van der Waals surface area contributed by atoms with Crippen LogP contribution in [-0.4, -0.2) is 63.3 Å². The van der Waals surface area contributed by atoms with Crippen molar-refractivity contribution in [2.75, 3.05) is 29.6 Å². The van der Waals surface area contributed by atoms with Gasteiger partial charge in [-0.3, -0.25) is 14.2 Å². The van der Waals surface area contributed by atoms with Gasteiger partial charge in [0.05, 0.1) is 35.4 Å². The number of nitrogens with one attached hydrogen (secondary N) is 2. The smallest absolute Gasteiger partial charge is 0.285 e. The van der Waals surface area contributed by atoms with Gasteiger partial charge in [-0.2, -0.15) is 0 Å². The number of β-amino-alcohol motifs (C(OH)–C–C–N with tert-alkyl or cyclic N) is 1. The number of halogens is 1. The molecule has 0 bridgehead atoms. The van der Waals surface area contributed by atoms with Crippen LogP contribution >= 0.6 is 11.6 Å². The molecule has 5 rings (SSSR count). The fourth-order valence-corrected chi connectivity index (χ4v) is 6.06. The molecule has 1 aromatic carbocycles. The Morgan fingerprint density at radius 3 is 2.55 bits per heavy atom. The average Bonchev–Trinajstić information content (AvgIpc) is 2.95. The highest BCUT2D eigenvalue weighted by Crippen LogP contribution is 2.34. The number of rotatable bonds is 7. The van der Waals surface area contributed by atoms with Gasteiger partial charge in [-0.15, -0.1) is 0 Å². The summed E-state index contributed by atoms with van der Waals surface area (Å²) in [4.78, 5) is 45.9. The van der Waals surface area contributed by atoms with Crippen molar-refractivity contribution in [3.8, 4) is 0 Å². The van der Waals surface area contributed by atoms with E-state index in [-0.39, 0.29) is 28.6 Å². The Hall–Kier alpha value is -4.14. The van der Waals surface area contributed by atoms with Gasteiger partial charge >= 0.3 is 0 Å². The molecular formula is C29H33ClN8O5S. The summed E-state index contributed by atoms with van der Waals surface area (Å²) in [5.41, 5.74) is 1.09. The van der Waals surface area contributed by atoms with E-state index in [0.717, 1.165) is 11.8 Å². The highest BCUT2D eigenvalue weighted by molar-refractivity contribution is 7.89. The molecule has 0 spiro atoms. The zero-order chi connectivity index (χ0) is 32.0. The van der Waals surface area contributed by atoms with E-state index in [9.17, 15) is 23.1 Å². The first kappa shape index (κ1) is 31.3. The zero-order valence-electron chi connectivity index (χ0n) is 24.9. The first-order valence-corrected chi connectivity index (χ1v) is 16.1. The molecular weight excluding hydrogens is 608 g/mol. The number of hydrogen-bond donors (Lipinski definition) is 3. The van der Waals surface area contributed by atoms with Gasteiger partial charge in [0.2, 0.25) is 16.0 Å². The molecule has 13 nitrogen and oxygen atoms in total. The first-order chi connectivity index (χ1) is 20.6. The number of aliphatic hydroxyl groups is 1. The Kier molecular flexibility index (Phi) is 8.35. The summed E-state index contributed by atoms with van der Waals surface area (Å²) in [5.74, 6) is 0.0590. The molecule has 1 fully saturated rings. The number of hydrogen-bond acceptors (Lipinski definition) is 11. The minimum Gasteiger partial charge on any atom is -0.383 e. The third-order valence-corrected chi connectivity index (χ3v) is 8.36. The number of aryl methyl sites for hydroxylation is 2. The summed E-state index contributed by atoms with van der Waals surface area (Å²) in [6, 6.07) is 6.16. The van der Waals surface area contributed by atoms with Crippen molar-refractivity contribution in [3.63, 3.8) is 0 Å². The average molecular weight is 641 g/mol. The van der Waals surface area contributed by atoms with E-state index in [0.29, 0.717) is 53.2 Å². The van der Waals surface area contributed by atoms with Gasteiger partial charge in [0.1, 0.15) is 16.6 Å². The van der Waals surface area contributed by atoms with Crippen LogP contribution in [0.1, 0.15) is 58.8 Å². The lowest BCUT2D eigenvalue weighted by Gasteiger charge is -2.40. The van der Waals surface area contributed by atoms with E-state index in [1.54, 1.807) is 32.4 Å². The van der Waals surface area contributed by atoms with E-state index in [1.807, 2.05) is 29.5 Å². The van der Waals surface area contributed by atoms with Crippen LogP contribution < -0.4 is 20.5 Å². The molecule has 3 aromatic heterocycles. The molecule has 15 heteroatoms. The highest BCUT2D eigenvalue weighted by Gasteiger charge is 2.37. The summed E-state index contributed by atoms with van der Waals surface area (Å²) < 4.78 is 26.8. The van der Waals surface area contributed by atoms with Crippen molar-refractivity contribution in [1.29, 1.82) is 0 Å². The van der Waals surface area contributed by atoms with Gasteiger partial charge in [0.15, 0.2) is 5.69 Å². The third-order valence-electron chi connectivity index (χ3n) is 7.60. The second kappa shape index (κ2) is 11.7. The van der Waals surface area contributed by atoms with Gasteiger partial charge in [0, 0.05) is 37.1 Å². The molecule has 0 saturated carbocycles. The van der Waals surface area contributed by atoms with Crippen molar-refractivity contribution >= 4 is 50.1 Å². The fraction of sp³-hybridized carbons (Fsp3) is 0.379. The second-order valence-corrected chi connectivity index (χ2v) is 13.3. The number of pyridine rings is 1. The molecule has 232 valence electrons. The molecule has 1 saturated heterocycles. The molecule has 1 aliphatic heterocycles. The van der Waals surface area contributed by atoms with Gasteiger partial charge in [-0.1, -0.05) is 17.7 Å². The maximum Gasteiger partial charge on any atom is 0.285 e. The maximum absolute atomic E-state index is 13.7. The van der Waals surface area contributed by atoms with E-state index in [2.05, 4.69) is 20.3 Å². The molecule has 4 aromatic rings. The van der Waals surface area contributed by atoms with E-state index in [4.69, 9.17) is 16.6 Å². The summed E-state index contributed by atoms with van der Waals surface area (Å²) in [6.07, 6.45) is 5.28. The van der Waals surface area contributed by atoms with E-state index >= 15 is 0 Å². The predicted octanol–water partition coefficient (Wildman–Crippen LogP) is 2.74. The van der Waals surface area contributed by atoms with Gasteiger partial charge in [-0.25, -0.2) is 33.1 Å². The Balaban J connectivity index is 1.55. The molecule has 0 radical (unpaired) electrons. The monoisotopic (exact) mass is 640 g/mol. The normalized spacial score (nSPS) is 17.8. The van der Waals surface area contributed by atoms with Crippen molar-refractivity contribution in [1.82, 2.24) is 29.2 Å². The molecule has 3 N–H and O–H groups in total. The largest absolute Gasteiger partial charge is 0.383 e. The number of aromatic nitrogens is 5. The number of carbonyl (C=O) groups excluding carboxylic acids is 1. The maximum atomic E-state index is 13.7. The SMILES string of the molecule is Cc1cc([C@@H](C)Nc2ccc(Cl)nc2C(=O)NS(C)(=O)=O)c2nc(N3CCC[C@](O)(c4cnc(C)nc4)C3)n(C)c(=O)c2c1. The molecule has 0 aliphatic carbocycles. The van der Waals surface area contributed by atoms with Crippen LogP contribution in [0.4, 0.5) is 11.6 Å². The summed E-state index contributed by atoms with van der Waals surface area (Å²) in [5, 5.41) is 15.2. The number of fused-ring (bicyclic) bond motifs is 1. The minimum atomic E-state index is -3.86. The number of anilines is 2. The standard InChI is InChI=1S/C29H33ClN8O5S/c1-16-11-20(17(2)33-22-7-8-23(30)34-25(22)26(39)36-44(5,42)43)24-21(12-16)27(40)37(4)28(35-24)38-10-6-9-29(41,15-38)19-13-31-18(3)32-14-19/h7-8,11-14,17,33,41H,6,9-10,15H2,1-5H3,(H,36,39)/t17-,29-/m1/s1. The Morgan fingerprint density at radius 2 is 1.86 bits per heavy atom. The van der Waals surface area contributed by atoms with Crippen LogP contribution in [-0.2, 0) is 22.7 Å². The lowest BCUT2D eigenvalue weighted by molar-refractivity contribution is 0.0206. The Bertz CT molecular complexity index is 1930. The molecule has 1 amide bonds. The number of piperidine rings is 1. The highest BCUT2D eigenvalue weighted by atomic mass is 35.5. The number of amides is 1. The second-order valence-electron chi connectivity index (χ2n) is 11.2. The molecule has 1 aliphatic rings. The van der Waals surface area contributed by atoms with Crippen LogP contribution in [0, 0.1) is 13.8 Å². The quantitative estimate of drug-likeness (QED) is 0.254. The molecule has 44 heavy (non-hydrogen) atoms. The zero-order valence-corrected chi connectivity index (χ0v) is 26.5. The van der Waals surface area contributed by atoms with Crippen LogP contribution in [0.5, 0.6) is 0 Å². The Labute approximate surface area is 259 Å². The van der Waals surface area contributed by atoms with Gasteiger partial charge in [0.25, 0.3) is 11.5 Å². The molecule has 4 heterocycles. The summed E-state index contributed by atoms with van der Waals surface area (Å²) in [7, 11) is -2.20. The van der Waals surface area contributed by atoms with E-state index < -0.39 is 27.6 Å². The topological polar surface area (TPSA) is 172 Å². The van der Waals surface area contributed by atoms with Gasteiger partial charge < -0.3 is 15.3 Å². The number of carbonyl (C=O) groups is 1. The van der Waals surface area contributed by atoms with Crippen molar-refractivity contribution in [3.05, 3.63) is 80.4 Å². The van der Waals surface area contributed by atoms with Crippen LogP contribution in [0.25, 0.3) is 10.9 Å². The van der Waals surface area contributed by atoms with Crippen molar-refractivity contribution in [2.24, 2.45) is 7.05 Å². The lowest BCUT2D eigenvalue weighted by Crippen LogP contribution is -2.48.